The lowest BCUT2D eigenvalue weighted by Gasteiger charge is -2.31. The van der Waals surface area contributed by atoms with Gasteiger partial charge in [0.15, 0.2) is 0 Å². The van der Waals surface area contributed by atoms with Crippen LogP contribution in [0.15, 0.2) is 24.3 Å². The minimum atomic E-state index is -0.880. The Morgan fingerprint density at radius 1 is 1.35 bits per heavy atom. The molecule has 2 heterocycles. The lowest BCUT2D eigenvalue weighted by molar-refractivity contribution is -0.136. The number of H-pyrrole nitrogens is 1. The van der Waals surface area contributed by atoms with Gasteiger partial charge in [-0.2, -0.15) is 5.10 Å². The summed E-state index contributed by atoms with van der Waals surface area (Å²) < 4.78 is 5.30. The number of ether oxygens (including phenoxy) is 1. The molecular formula is C19H23N3O4. The lowest BCUT2D eigenvalue weighted by Crippen LogP contribution is -2.38. The molecule has 0 unspecified atom stereocenters. The summed E-state index contributed by atoms with van der Waals surface area (Å²) in [4.78, 5) is 25.5. The second kappa shape index (κ2) is 7.59. The molecule has 26 heavy (non-hydrogen) atoms. The van der Waals surface area contributed by atoms with Crippen LogP contribution in [-0.4, -0.2) is 52.3 Å². The smallest absolute Gasteiger partial charge is 0.309 e. The molecule has 0 atom stereocenters. The molecule has 1 amide bonds. The first-order valence-corrected chi connectivity index (χ1v) is 8.68. The maximum Gasteiger partial charge on any atom is 0.309 e. The summed E-state index contributed by atoms with van der Waals surface area (Å²) in [5.41, 5.74) is 3.02. The number of amides is 1. The van der Waals surface area contributed by atoms with E-state index in [1.165, 1.54) is 0 Å². The zero-order chi connectivity index (χ0) is 18.7. The second-order valence-corrected chi connectivity index (χ2v) is 6.59. The van der Waals surface area contributed by atoms with Gasteiger partial charge in [-0.25, -0.2) is 0 Å². The average molecular weight is 357 g/mol. The number of hydrogen-bond donors (Lipinski definition) is 2. The van der Waals surface area contributed by atoms with E-state index < -0.39 is 5.97 Å². The Balaban J connectivity index is 1.64. The van der Waals surface area contributed by atoms with Crippen LogP contribution in [-0.2, 0) is 11.2 Å². The summed E-state index contributed by atoms with van der Waals surface area (Å²) >= 11 is 0. The molecule has 0 bridgehead atoms. The quantitative estimate of drug-likeness (QED) is 0.856. The average Bonchev–Trinajstić information content (AvgIpc) is 3.09. The van der Waals surface area contributed by atoms with E-state index in [2.05, 4.69) is 10.2 Å². The number of carboxylic acid groups (broad SMARTS) is 1. The van der Waals surface area contributed by atoms with Crippen molar-refractivity contribution in [3.05, 3.63) is 46.8 Å². The number of piperidine rings is 1. The molecule has 2 N–H and O–H groups in total. The summed E-state index contributed by atoms with van der Waals surface area (Å²) in [6, 6.07) is 7.34. The monoisotopic (exact) mass is 357 g/mol. The van der Waals surface area contributed by atoms with Crippen molar-refractivity contribution in [2.24, 2.45) is 0 Å². The minimum absolute atomic E-state index is 0.0217. The van der Waals surface area contributed by atoms with E-state index in [1.807, 2.05) is 36.1 Å². The maximum atomic E-state index is 12.8. The van der Waals surface area contributed by atoms with E-state index in [0.717, 1.165) is 24.1 Å². The van der Waals surface area contributed by atoms with Gasteiger partial charge < -0.3 is 14.7 Å². The molecule has 1 saturated heterocycles. The number of likely N-dealkylation sites (tertiary alicyclic amines) is 1. The minimum Gasteiger partial charge on any atom is -0.496 e. The third-order valence-electron chi connectivity index (χ3n) is 4.93. The van der Waals surface area contributed by atoms with Gasteiger partial charge in [0, 0.05) is 35.8 Å². The van der Waals surface area contributed by atoms with Crippen LogP contribution in [0.2, 0.25) is 0 Å². The van der Waals surface area contributed by atoms with Crippen LogP contribution >= 0.6 is 0 Å². The predicted molar refractivity (Wildman–Crippen MR) is 95.5 cm³/mol. The topological polar surface area (TPSA) is 95.5 Å². The highest BCUT2D eigenvalue weighted by molar-refractivity contribution is 5.96. The fourth-order valence-corrected chi connectivity index (χ4v) is 3.46. The molecule has 3 rings (SSSR count). The highest BCUT2D eigenvalue weighted by Crippen LogP contribution is 2.29. The van der Waals surface area contributed by atoms with Gasteiger partial charge in [0.2, 0.25) is 0 Å². The Bertz CT molecular complexity index is 807. The molecule has 0 spiro atoms. The third-order valence-corrected chi connectivity index (χ3v) is 4.93. The summed E-state index contributed by atoms with van der Waals surface area (Å²) in [6.45, 7) is 3.20. The van der Waals surface area contributed by atoms with E-state index >= 15 is 0 Å². The van der Waals surface area contributed by atoms with Crippen molar-refractivity contribution >= 4 is 11.9 Å². The first-order chi connectivity index (χ1) is 12.5. The number of nitrogens with one attached hydrogen (secondary N) is 1. The van der Waals surface area contributed by atoms with Gasteiger partial charge in [-0.1, -0.05) is 6.07 Å². The fourth-order valence-electron chi connectivity index (χ4n) is 3.46. The molecule has 0 saturated carbocycles. The number of methoxy groups -OCH3 is 1. The van der Waals surface area contributed by atoms with Crippen LogP contribution < -0.4 is 4.74 Å². The first kappa shape index (κ1) is 18.0. The van der Waals surface area contributed by atoms with E-state index in [9.17, 15) is 9.59 Å². The van der Waals surface area contributed by atoms with E-state index in [-0.39, 0.29) is 18.2 Å². The zero-order valence-corrected chi connectivity index (χ0v) is 15.0. The number of nitrogens with zero attached hydrogens (tertiary/aromatic N) is 2. The molecule has 7 nitrogen and oxygen atoms in total. The van der Waals surface area contributed by atoms with E-state index in [4.69, 9.17) is 9.84 Å². The number of aromatic amines is 1. The molecule has 1 aromatic carbocycles. The van der Waals surface area contributed by atoms with Gasteiger partial charge >= 0.3 is 5.97 Å². The summed E-state index contributed by atoms with van der Waals surface area (Å²) in [7, 11) is 1.60. The van der Waals surface area contributed by atoms with Crippen molar-refractivity contribution in [2.45, 2.75) is 32.1 Å². The number of aromatic nitrogens is 2. The third kappa shape index (κ3) is 3.71. The molecule has 1 aliphatic heterocycles. The molecule has 138 valence electrons. The van der Waals surface area contributed by atoms with Gasteiger partial charge in [-0.15, -0.1) is 0 Å². The van der Waals surface area contributed by atoms with E-state index in [1.54, 1.807) is 7.11 Å². The van der Waals surface area contributed by atoms with Crippen molar-refractivity contribution in [3.8, 4) is 5.75 Å². The largest absolute Gasteiger partial charge is 0.496 e. The Hall–Kier alpha value is -2.83. The van der Waals surface area contributed by atoms with Crippen LogP contribution in [0.3, 0.4) is 0 Å². The van der Waals surface area contributed by atoms with Crippen LogP contribution in [0.4, 0.5) is 0 Å². The maximum absolute atomic E-state index is 12.8. The van der Waals surface area contributed by atoms with E-state index in [0.29, 0.717) is 30.1 Å². The molecule has 1 fully saturated rings. The van der Waals surface area contributed by atoms with Crippen molar-refractivity contribution in [2.75, 3.05) is 20.2 Å². The Labute approximate surface area is 152 Å². The standard InChI is InChI=1S/C19H23N3O4/c1-12-15(4-3-5-17(12)26-2)19(25)22-8-6-13(7-9-22)16-10-14(20-21-16)11-18(23)24/h3-5,10,13H,6-9,11H2,1-2H3,(H,20,21)(H,23,24). The normalized spacial score (nSPS) is 15.1. The molecule has 0 radical (unpaired) electrons. The molecule has 1 aromatic heterocycles. The summed E-state index contributed by atoms with van der Waals surface area (Å²) in [6.07, 6.45) is 1.57. The Morgan fingerprint density at radius 3 is 2.73 bits per heavy atom. The van der Waals surface area contributed by atoms with Crippen molar-refractivity contribution in [3.63, 3.8) is 0 Å². The van der Waals surface area contributed by atoms with Gasteiger partial charge in [-0.3, -0.25) is 14.7 Å². The second-order valence-electron chi connectivity index (χ2n) is 6.59. The fraction of sp³-hybridized carbons (Fsp3) is 0.421. The van der Waals surface area contributed by atoms with Crippen LogP contribution in [0.5, 0.6) is 5.75 Å². The van der Waals surface area contributed by atoms with Crippen LogP contribution in [0.25, 0.3) is 0 Å². The predicted octanol–water partition coefficient (Wildman–Crippen LogP) is 2.37. The van der Waals surface area contributed by atoms with Gasteiger partial charge in [0.05, 0.1) is 19.2 Å². The number of benzene rings is 1. The SMILES string of the molecule is COc1cccc(C(=O)N2CCC(c3cc(CC(=O)O)[nH]n3)CC2)c1C. The molecule has 7 heteroatoms. The van der Waals surface area contributed by atoms with Crippen LogP contribution in [0, 0.1) is 6.92 Å². The van der Waals surface area contributed by atoms with Crippen molar-refractivity contribution in [1.29, 1.82) is 0 Å². The number of aliphatic carboxylic acids is 1. The highest BCUT2D eigenvalue weighted by Gasteiger charge is 2.27. The van der Waals surface area contributed by atoms with Gasteiger partial charge in [0.25, 0.3) is 5.91 Å². The molecule has 1 aliphatic rings. The number of hydrogen-bond acceptors (Lipinski definition) is 4. The van der Waals surface area contributed by atoms with Crippen molar-refractivity contribution in [1.82, 2.24) is 15.1 Å². The number of carboxylic acids is 1. The van der Waals surface area contributed by atoms with Crippen molar-refractivity contribution < 1.29 is 19.4 Å². The molecule has 0 aliphatic carbocycles. The number of carbonyl (C=O) groups excluding carboxylic acids is 1. The van der Waals surface area contributed by atoms with Gasteiger partial charge in [0.1, 0.15) is 5.75 Å². The van der Waals surface area contributed by atoms with Gasteiger partial charge in [-0.05, 0) is 38.0 Å². The number of carbonyl (C=O) groups is 2. The summed E-state index contributed by atoms with van der Waals surface area (Å²) in [5.74, 6) is 0.0974. The zero-order valence-electron chi connectivity index (χ0n) is 15.0. The lowest BCUT2D eigenvalue weighted by atomic mass is 9.92. The Morgan fingerprint density at radius 2 is 2.08 bits per heavy atom. The first-order valence-electron chi connectivity index (χ1n) is 8.68. The Kier molecular flexibility index (Phi) is 5.25. The number of rotatable bonds is 5. The summed E-state index contributed by atoms with van der Waals surface area (Å²) in [5, 5.41) is 15.9. The molecule has 2 aromatic rings. The van der Waals surface area contributed by atoms with Crippen LogP contribution in [0.1, 0.15) is 46.1 Å². The molecular weight excluding hydrogens is 334 g/mol. The highest BCUT2D eigenvalue weighted by atomic mass is 16.5.